The number of ketones is 1. The molecule has 1 aliphatic heterocycles. The van der Waals surface area contributed by atoms with Crippen molar-refractivity contribution in [2.24, 2.45) is 0 Å². The number of pyridine rings is 1. The van der Waals surface area contributed by atoms with Crippen LogP contribution < -0.4 is 9.47 Å². The van der Waals surface area contributed by atoms with Gasteiger partial charge in [-0.15, -0.1) is 0 Å². The first-order valence-electron chi connectivity index (χ1n) is 10.7. The fraction of sp³-hybridized carbons (Fsp3) is 0.192. The summed E-state index contributed by atoms with van der Waals surface area (Å²) in [5, 5.41) is 11.6. The van der Waals surface area contributed by atoms with Crippen molar-refractivity contribution in [1.82, 2.24) is 9.88 Å². The Morgan fingerprint density at radius 1 is 1.12 bits per heavy atom. The van der Waals surface area contributed by atoms with Gasteiger partial charge in [-0.3, -0.25) is 14.6 Å². The van der Waals surface area contributed by atoms with Crippen LogP contribution in [-0.4, -0.2) is 40.4 Å². The fourth-order valence-corrected chi connectivity index (χ4v) is 4.09. The van der Waals surface area contributed by atoms with Crippen LogP contribution in [0.25, 0.3) is 5.76 Å². The number of benzene rings is 2. The van der Waals surface area contributed by atoms with Crippen LogP contribution in [0.15, 0.2) is 72.4 Å². The SMILES string of the molecule is CCOc1cc(/C(O)=C2/C(=O)C(=O)N(Cc3ccccn3)C2c2ccc(OC)cc2)ccc1Cl. The van der Waals surface area contributed by atoms with Gasteiger partial charge in [0.1, 0.15) is 17.3 Å². The van der Waals surface area contributed by atoms with Gasteiger partial charge in [-0.05, 0) is 55.0 Å². The summed E-state index contributed by atoms with van der Waals surface area (Å²) in [5.74, 6) is -0.795. The van der Waals surface area contributed by atoms with Gasteiger partial charge in [0, 0.05) is 11.8 Å². The Morgan fingerprint density at radius 3 is 2.53 bits per heavy atom. The third-order valence-electron chi connectivity index (χ3n) is 5.53. The van der Waals surface area contributed by atoms with E-state index in [1.807, 2.05) is 13.0 Å². The Labute approximate surface area is 202 Å². The molecule has 1 aliphatic rings. The number of Topliss-reactive ketones (excluding diaryl/α,β-unsaturated/α-hetero) is 1. The zero-order valence-electron chi connectivity index (χ0n) is 18.7. The number of hydrogen-bond donors (Lipinski definition) is 1. The van der Waals surface area contributed by atoms with Crippen molar-refractivity contribution >= 4 is 29.1 Å². The van der Waals surface area contributed by atoms with Crippen LogP contribution >= 0.6 is 11.6 Å². The lowest BCUT2D eigenvalue weighted by molar-refractivity contribution is -0.140. The third-order valence-corrected chi connectivity index (χ3v) is 5.85. The second kappa shape index (κ2) is 9.97. The normalized spacial score (nSPS) is 17.1. The number of carbonyl (C=O) groups excluding carboxylic acids is 2. The molecule has 34 heavy (non-hydrogen) atoms. The molecule has 0 aliphatic carbocycles. The smallest absolute Gasteiger partial charge is 0.296 e. The van der Waals surface area contributed by atoms with Gasteiger partial charge in [0.05, 0.1) is 42.6 Å². The van der Waals surface area contributed by atoms with Gasteiger partial charge in [-0.25, -0.2) is 0 Å². The van der Waals surface area contributed by atoms with Crippen molar-refractivity contribution in [3.8, 4) is 11.5 Å². The van der Waals surface area contributed by atoms with E-state index in [1.54, 1.807) is 67.9 Å². The van der Waals surface area contributed by atoms with Crippen LogP contribution in [0.1, 0.15) is 29.8 Å². The molecule has 7 nitrogen and oxygen atoms in total. The topological polar surface area (TPSA) is 89.0 Å². The molecule has 4 rings (SSSR count). The third kappa shape index (κ3) is 4.47. The molecule has 2 heterocycles. The highest BCUT2D eigenvalue weighted by atomic mass is 35.5. The molecule has 1 saturated heterocycles. The summed E-state index contributed by atoms with van der Waals surface area (Å²) >= 11 is 6.19. The molecular weight excluding hydrogens is 456 g/mol. The molecule has 1 atom stereocenters. The molecule has 1 N–H and O–H groups in total. The molecule has 0 spiro atoms. The first-order chi connectivity index (χ1) is 16.4. The van der Waals surface area contributed by atoms with Crippen LogP contribution in [0.5, 0.6) is 11.5 Å². The number of ether oxygens (including phenoxy) is 2. The summed E-state index contributed by atoms with van der Waals surface area (Å²) < 4.78 is 10.8. The number of nitrogens with zero attached hydrogens (tertiary/aromatic N) is 2. The number of likely N-dealkylation sites (tertiary alicyclic amines) is 1. The Morgan fingerprint density at radius 2 is 1.88 bits per heavy atom. The van der Waals surface area contributed by atoms with Gasteiger partial charge in [0.25, 0.3) is 11.7 Å². The molecule has 0 radical (unpaired) electrons. The number of hydrogen-bond acceptors (Lipinski definition) is 6. The Bertz CT molecular complexity index is 1240. The molecule has 8 heteroatoms. The fourth-order valence-electron chi connectivity index (χ4n) is 3.91. The Hall–Kier alpha value is -3.84. The van der Waals surface area contributed by atoms with Crippen molar-refractivity contribution in [3.05, 3.63) is 94.3 Å². The molecule has 0 saturated carbocycles. The summed E-state index contributed by atoms with van der Waals surface area (Å²) in [6.07, 6.45) is 1.62. The van der Waals surface area contributed by atoms with Crippen LogP contribution in [0.2, 0.25) is 5.02 Å². The second-order valence-corrected chi connectivity index (χ2v) is 8.01. The van der Waals surface area contributed by atoms with Crippen molar-refractivity contribution in [1.29, 1.82) is 0 Å². The number of amides is 1. The largest absolute Gasteiger partial charge is 0.507 e. The molecule has 1 fully saturated rings. The Kier molecular flexibility index (Phi) is 6.84. The van der Waals surface area contributed by atoms with Crippen molar-refractivity contribution < 1.29 is 24.2 Å². The molecule has 0 bridgehead atoms. The maximum absolute atomic E-state index is 13.2. The minimum Gasteiger partial charge on any atom is -0.507 e. The number of aliphatic hydroxyl groups is 1. The second-order valence-electron chi connectivity index (χ2n) is 7.60. The van der Waals surface area contributed by atoms with Crippen molar-refractivity contribution in [3.63, 3.8) is 0 Å². The highest BCUT2D eigenvalue weighted by molar-refractivity contribution is 6.46. The number of methoxy groups -OCH3 is 1. The van der Waals surface area contributed by atoms with Crippen LogP contribution in [0.3, 0.4) is 0 Å². The van der Waals surface area contributed by atoms with Crippen LogP contribution in [0.4, 0.5) is 0 Å². The summed E-state index contributed by atoms with van der Waals surface area (Å²) in [6.45, 7) is 2.30. The van der Waals surface area contributed by atoms with E-state index < -0.39 is 17.7 Å². The lowest BCUT2D eigenvalue weighted by Crippen LogP contribution is -2.29. The van der Waals surface area contributed by atoms with E-state index in [0.717, 1.165) is 0 Å². The number of rotatable bonds is 7. The Balaban J connectivity index is 1.85. The molecule has 3 aromatic rings. The number of halogens is 1. The maximum Gasteiger partial charge on any atom is 0.296 e. The van der Waals surface area contributed by atoms with Gasteiger partial charge >= 0.3 is 0 Å². The average molecular weight is 479 g/mol. The number of carbonyl (C=O) groups is 2. The lowest BCUT2D eigenvalue weighted by Gasteiger charge is -2.25. The van der Waals surface area contributed by atoms with E-state index in [1.165, 1.54) is 4.90 Å². The highest BCUT2D eigenvalue weighted by Crippen LogP contribution is 2.41. The predicted octanol–water partition coefficient (Wildman–Crippen LogP) is 4.76. The summed E-state index contributed by atoms with van der Waals surface area (Å²) in [6, 6.07) is 16.3. The minimum atomic E-state index is -0.820. The number of aliphatic hydroxyl groups excluding tert-OH is 1. The molecule has 1 aromatic heterocycles. The highest BCUT2D eigenvalue weighted by Gasteiger charge is 2.46. The molecule has 174 valence electrons. The average Bonchev–Trinajstić information content (AvgIpc) is 3.10. The molecule has 1 amide bonds. The van der Waals surface area contributed by atoms with Crippen LogP contribution in [-0.2, 0) is 16.1 Å². The van der Waals surface area contributed by atoms with E-state index in [0.29, 0.717) is 39.9 Å². The molecule has 2 aromatic carbocycles. The predicted molar refractivity (Wildman–Crippen MR) is 128 cm³/mol. The maximum atomic E-state index is 13.2. The van der Waals surface area contributed by atoms with Gasteiger partial charge in [-0.2, -0.15) is 0 Å². The number of aromatic nitrogens is 1. The van der Waals surface area contributed by atoms with E-state index in [4.69, 9.17) is 21.1 Å². The van der Waals surface area contributed by atoms with Crippen LogP contribution in [0, 0.1) is 0 Å². The molecule has 1 unspecified atom stereocenters. The van der Waals surface area contributed by atoms with E-state index in [9.17, 15) is 14.7 Å². The standard InChI is InChI=1S/C26H23ClN2O5/c1-3-34-21-14-17(9-12-20(21)27)24(30)22-23(16-7-10-19(33-2)11-8-16)29(26(32)25(22)31)15-18-6-4-5-13-28-18/h4-14,23,30H,3,15H2,1-2H3/b24-22-. The first kappa shape index (κ1) is 23.3. The van der Waals surface area contributed by atoms with Gasteiger partial charge in [-0.1, -0.05) is 29.8 Å². The monoisotopic (exact) mass is 478 g/mol. The minimum absolute atomic E-state index is 0.0177. The van der Waals surface area contributed by atoms with Gasteiger partial charge in [0.15, 0.2) is 0 Å². The van der Waals surface area contributed by atoms with E-state index in [-0.39, 0.29) is 17.9 Å². The van der Waals surface area contributed by atoms with Gasteiger partial charge < -0.3 is 19.5 Å². The van der Waals surface area contributed by atoms with E-state index in [2.05, 4.69) is 4.98 Å². The zero-order chi connectivity index (χ0) is 24.2. The van der Waals surface area contributed by atoms with Crippen molar-refractivity contribution in [2.75, 3.05) is 13.7 Å². The zero-order valence-corrected chi connectivity index (χ0v) is 19.5. The van der Waals surface area contributed by atoms with Crippen molar-refractivity contribution in [2.45, 2.75) is 19.5 Å². The first-order valence-corrected chi connectivity index (χ1v) is 11.1. The lowest BCUT2D eigenvalue weighted by atomic mass is 9.95. The molecular formula is C26H23ClN2O5. The quantitative estimate of drug-likeness (QED) is 0.299. The summed E-state index contributed by atoms with van der Waals surface area (Å²) in [5.41, 5.74) is 1.57. The summed E-state index contributed by atoms with van der Waals surface area (Å²) in [4.78, 5) is 32.0. The van der Waals surface area contributed by atoms with E-state index >= 15 is 0 Å². The van der Waals surface area contributed by atoms with Gasteiger partial charge in [0.2, 0.25) is 0 Å². The summed E-state index contributed by atoms with van der Waals surface area (Å²) in [7, 11) is 1.55.